The normalized spacial score (nSPS) is 10.9. The van der Waals surface area contributed by atoms with Gasteiger partial charge in [0.2, 0.25) is 0 Å². The molecule has 0 spiro atoms. The topological polar surface area (TPSA) is 62.1 Å². The molecule has 0 heterocycles. The molecule has 0 aliphatic rings. The van der Waals surface area contributed by atoms with E-state index in [1.165, 1.54) is 12.1 Å². The molecule has 3 aromatic rings. The lowest BCUT2D eigenvalue weighted by Crippen LogP contribution is -2.13. The molecule has 0 aromatic heterocycles. The van der Waals surface area contributed by atoms with Gasteiger partial charge < -0.3 is 10.1 Å². The Morgan fingerprint density at radius 1 is 1.18 bits per heavy atom. The summed E-state index contributed by atoms with van der Waals surface area (Å²) in [5.41, 5.74) is 3.52. The highest BCUT2D eigenvalue weighted by Gasteiger charge is 2.14. The van der Waals surface area contributed by atoms with Crippen molar-refractivity contribution < 1.29 is 13.9 Å². The average Bonchev–Trinajstić information content (AvgIpc) is 2.79. The molecular formula is C27H22BrFN2O2. The van der Waals surface area contributed by atoms with Crippen LogP contribution >= 0.6 is 15.9 Å². The maximum atomic E-state index is 14.0. The summed E-state index contributed by atoms with van der Waals surface area (Å²) in [6.45, 7) is 5.80. The Kier molecular flexibility index (Phi) is 8.17. The van der Waals surface area contributed by atoms with E-state index in [1.807, 2.05) is 31.2 Å². The van der Waals surface area contributed by atoms with Gasteiger partial charge in [0.05, 0.1) is 4.47 Å². The number of nitriles is 1. The minimum absolute atomic E-state index is 0.0351. The molecule has 3 aromatic carbocycles. The van der Waals surface area contributed by atoms with Gasteiger partial charge in [-0.15, -0.1) is 6.58 Å². The second-order valence-corrected chi connectivity index (χ2v) is 8.21. The predicted octanol–water partition coefficient (Wildman–Crippen LogP) is 6.75. The molecule has 0 saturated carbocycles. The average molecular weight is 505 g/mol. The summed E-state index contributed by atoms with van der Waals surface area (Å²) < 4.78 is 20.5. The molecule has 166 valence electrons. The first-order chi connectivity index (χ1) is 15.9. The number of halogens is 2. The summed E-state index contributed by atoms with van der Waals surface area (Å²) in [4.78, 5) is 12.6. The molecule has 6 heteroatoms. The van der Waals surface area contributed by atoms with Gasteiger partial charge in [0.15, 0.2) is 0 Å². The Morgan fingerprint density at radius 3 is 2.58 bits per heavy atom. The molecule has 1 N–H and O–H groups in total. The highest BCUT2D eigenvalue weighted by molar-refractivity contribution is 9.10. The van der Waals surface area contributed by atoms with E-state index in [9.17, 15) is 14.4 Å². The van der Waals surface area contributed by atoms with Crippen molar-refractivity contribution >= 4 is 33.6 Å². The van der Waals surface area contributed by atoms with Crippen molar-refractivity contribution in [2.24, 2.45) is 0 Å². The first-order valence-electron chi connectivity index (χ1n) is 10.2. The number of carbonyl (C=O) groups is 1. The fourth-order valence-electron chi connectivity index (χ4n) is 3.14. The van der Waals surface area contributed by atoms with Gasteiger partial charge in [0.1, 0.15) is 29.8 Å². The number of nitrogens with zero attached hydrogens (tertiary/aromatic N) is 1. The van der Waals surface area contributed by atoms with Crippen molar-refractivity contribution in [1.29, 1.82) is 5.26 Å². The fraction of sp³-hybridized carbons (Fsp3) is 0.111. The van der Waals surface area contributed by atoms with E-state index in [0.717, 1.165) is 11.1 Å². The highest BCUT2D eigenvalue weighted by Crippen LogP contribution is 2.33. The van der Waals surface area contributed by atoms with Gasteiger partial charge in [-0.3, -0.25) is 4.79 Å². The number of hydrogen-bond donors (Lipinski definition) is 1. The molecule has 4 nitrogen and oxygen atoms in total. The van der Waals surface area contributed by atoms with E-state index < -0.39 is 5.91 Å². The van der Waals surface area contributed by atoms with Crippen LogP contribution in [0.2, 0.25) is 0 Å². The minimum Gasteiger partial charge on any atom is -0.487 e. The molecule has 0 aliphatic heterocycles. The van der Waals surface area contributed by atoms with Gasteiger partial charge in [-0.2, -0.15) is 5.26 Å². The third-order valence-electron chi connectivity index (χ3n) is 4.82. The summed E-state index contributed by atoms with van der Waals surface area (Å²) in [5.74, 6) is -0.280. The molecule has 0 aliphatic carbocycles. The smallest absolute Gasteiger partial charge is 0.266 e. The van der Waals surface area contributed by atoms with Crippen LogP contribution in [0.15, 0.2) is 83.4 Å². The number of hydrogen-bond acceptors (Lipinski definition) is 3. The number of ether oxygens (including phenoxy) is 1. The Morgan fingerprint density at radius 2 is 1.91 bits per heavy atom. The van der Waals surface area contributed by atoms with Crippen LogP contribution in [0.25, 0.3) is 6.08 Å². The number of benzene rings is 3. The Labute approximate surface area is 201 Å². The number of nitrogens with one attached hydrogen (secondary N) is 1. The standard InChI is InChI=1S/C27H22BrFN2O2/c1-3-6-20-13-19(14-22(16-30)27(32)31-23-11-9-18(2)10-12-23)15-24(28)26(20)33-17-21-7-4-5-8-25(21)29/h3-5,7-15H,1,6,17H2,2H3,(H,31,32)/b22-14-. The van der Waals surface area contributed by atoms with E-state index >= 15 is 0 Å². The fourth-order valence-corrected chi connectivity index (χ4v) is 3.78. The van der Waals surface area contributed by atoms with Gasteiger partial charge in [-0.05, 0) is 76.8 Å². The quantitative estimate of drug-likeness (QED) is 0.209. The molecule has 0 atom stereocenters. The maximum Gasteiger partial charge on any atom is 0.266 e. The monoisotopic (exact) mass is 504 g/mol. The Balaban J connectivity index is 1.86. The van der Waals surface area contributed by atoms with Crippen molar-refractivity contribution in [3.8, 4) is 11.8 Å². The zero-order valence-electron chi connectivity index (χ0n) is 18.1. The number of allylic oxidation sites excluding steroid dienone is 1. The summed E-state index contributed by atoms with van der Waals surface area (Å²) in [6, 6.07) is 19.3. The van der Waals surface area contributed by atoms with Crippen molar-refractivity contribution in [3.63, 3.8) is 0 Å². The van der Waals surface area contributed by atoms with Crippen LogP contribution in [-0.2, 0) is 17.8 Å². The zero-order valence-corrected chi connectivity index (χ0v) is 19.7. The largest absolute Gasteiger partial charge is 0.487 e. The molecule has 0 unspecified atom stereocenters. The van der Waals surface area contributed by atoms with Crippen LogP contribution in [0.4, 0.5) is 10.1 Å². The maximum absolute atomic E-state index is 14.0. The van der Waals surface area contributed by atoms with Gasteiger partial charge >= 0.3 is 0 Å². The predicted molar refractivity (Wildman–Crippen MR) is 132 cm³/mol. The number of aryl methyl sites for hydroxylation is 1. The molecule has 3 rings (SSSR count). The Hall–Kier alpha value is -3.69. The molecule has 33 heavy (non-hydrogen) atoms. The van der Waals surface area contributed by atoms with Crippen molar-refractivity contribution in [2.75, 3.05) is 5.32 Å². The van der Waals surface area contributed by atoms with Crippen LogP contribution in [0, 0.1) is 24.1 Å². The van der Waals surface area contributed by atoms with Crippen LogP contribution in [0.1, 0.15) is 22.3 Å². The first-order valence-corrected chi connectivity index (χ1v) is 11.0. The van der Waals surface area contributed by atoms with E-state index in [1.54, 1.807) is 42.5 Å². The molecular weight excluding hydrogens is 483 g/mol. The lowest BCUT2D eigenvalue weighted by atomic mass is 10.0. The van der Waals surface area contributed by atoms with E-state index in [0.29, 0.717) is 33.5 Å². The third kappa shape index (κ3) is 6.41. The molecule has 0 fully saturated rings. The molecule has 0 bridgehead atoms. The lowest BCUT2D eigenvalue weighted by Gasteiger charge is -2.14. The number of carbonyl (C=O) groups excluding carboxylic acids is 1. The first kappa shape index (κ1) is 24.0. The Bertz CT molecular complexity index is 1240. The SMILES string of the molecule is C=CCc1cc(/C=C(/C#N)C(=O)Nc2ccc(C)cc2)cc(Br)c1OCc1ccccc1F. The van der Waals surface area contributed by atoms with Gasteiger partial charge in [-0.1, -0.05) is 42.0 Å². The molecule has 0 radical (unpaired) electrons. The van der Waals surface area contributed by atoms with Gasteiger partial charge in [-0.25, -0.2) is 4.39 Å². The van der Waals surface area contributed by atoms with Crippen LogP contribution in [-0.4, -0.2) is 5.91 Å². The van der Waals surface area contributed by atoms with Gasteiger partial charge in [0.25, 0.3) is 5.91 Å². The highest BCUT2D eigenvalue weighted by atomic mass is 79.9. The van der Waals surface area contributed by atoms with E-state index in [-0.39, 0.29) is 18.0 Å². The van der Waals surface area contributed by atoms with Crippen LogP contribution in [0.5, 0.6) is 5.75 Å². The minimum atomic E-state index is -0.498. The third-order valence-corrected chi connectivity index (χ3v) is 5.41. The van der Waals surface area contributed by atoms with Crippen molar-refractivity contribution in [3.05, 3.63) is 111 Å². The van der Waals surface area contributed by atoms with Gasteiger partial charge in [0, 0.05) is 11.3 Å². The van der Waals surface area contributed by atoms with Crippen molar-refractivity contribution in [1.82, 2.24) is 0 Å². The summed E-state index contributed by atoms with van der Waals surface area (Å²) >= 11 is 3.50. The van der Waals surface area contributed by atoms with E-state index in [2.05, 4.69) is 27.8 Å². The van der Waals surface area contributed by atoms with Crippen LogP contribution < -0.4 is 10.1 Å². The second-order valence-electron chi connectivity index (χ2n) is 7.35. The number of rotatable bonds is 8. The molecule has 1 amide bonds. The summed E-state index contributed by atoms with van der Waals surface area (Å²) in [5, 5.41) is 12.3. The number of amides is 1. The van der Waals surface area contributed by atoms with Crippen molar-refractivity contribution in [2.45, 2.75) is 20.0 Å². The van der Waals surface area contributed by atoms with E-state index in [4.69, 9.17) is 4.74 Å². The number of anilines is 1. The molecule has 0 saturated heterocycles. The second kappa shape index (κ2) is 11.3. The zero-order chi connectivity index (χ0) is 23.8. The lowest BCUT2D eigenvalue weighted by molar-refractivity contribution is -0.112. The summed E-state index contributed by atoms with van der Waals surface area (Å²) in [7, 11) is 0. The summed E-state index contributed by atoms with van der Waals surface area (Å²) in [6.07, 6.45) is 3.73. The van der Waals surface area contributed by atoms with Crippen LogP contribution in [0.3, 0.4) is 0 Å².